The van der Waals surface area contributed by atoms with E-state index in [9.17, 15) is 9.59 Å². The van der Waals surface area contributed by atoms with Crippen LogP contribution in [0.1, 0.15) is 25.7 Å². The van der Waals surface area contributed by atoms with E-state index in [-0.39, 0.29) is 24.5 Å². The fraction of sp³-hybridized carbons (Fsp3) is 0.750. The third kappa shape index (κ3) is 1.65. The van der Waals surface area contributed by atoms with E-state index in [4.69, 9.17) is 9.94 Å². The third-order valence-corrected chi connectivity index (χ3v) is 2.39. The van der Waals surface area contributed by atoms with Gasteiger partial charge in [-0.1, -0.05) is 0 Å². The van der Waals surface area contributed by atoms with Crippen LogP contribution in [-0.2, 0) is 14.4 Å². The molecule has 0 bridgehead atoms. The van der Waals surface area contributed by atoms with Crippen molar-refractivity contribution >= 4 is 11.9 Å². The van der Waals surface area contributed by atoms with E-state index in [1.54, 1.807) is 0 Å². The van der Waals surface area contributed by atoms with E-state index in [2.05, 4.69) is 0 Å². The maximum absolute atomic E-state index is 11.3. The molecule has 0 atom stereocenters. The molecule has 1 aliphatic heterocycles. The summed E-state index contributed by atoms with van der Waals surface area (Å²) >= 11 is 0. The molecule has 13 heavy (non-hydrogen) atoms. The van der Waals surface area contributed by atoms with Gasteiger partial charge in [0.15, 0.2) is 0 Å². The van der Waals surface area contributed by atoms with E-state index in [0.717, 1.165) is 12.8 Å². The van der Waals surface area contributed by atoms with Crippen molar-refractivity contribution < 1.29 is 19.5 Å². The van der Waals surface area contributed by atoms with Gasteiger partial charge in [0.1, 0.15) is 5.60 Å². The van der Waals surface area contributed by atoms with Gasteiger partial charge >= 0.3 is 5.97 Å². The molecule has 1 amide bonds. The zero-order chi connectivity index (χ0) is 9.47. The zero-order valence-corrected chi connectivity index (χ0v) is 7.15. The number of rotatable bonds is 3. The molecule has 2 aliphatic rings. The van der Waals surface area contributed by atoms with Gasteiger partial charge < -0.3 is 5.11 Å². The minimum absolute atomic E-state index is 0.0538. The largest absolute Gasteiger partial charge is 0.481 e. The monoisotopic (exact) mass is 185 g/mol. The molecule has 1 spiro atoms. The van der Waals surface area contributed by atoms with Crippen molar-refractivity contribution in [3.05, 3.63) is 0 Å². The number of hydrogen-bond acceptors (Lipinski definition) is 3. The minimum atomic E-state index is -0.909. The van der Waals surface area contributed by atoms with Crippen LogP contribution in [0.25, 0.3) is 0 Å². The molecule has 1 saturated carbocycles. The Morgan fingerprint density at radius 3 is 2.77 bits per heavy atom. The molecule has 72 valence electrons. The van der Waals surface area contributed by atoms with Crippen molar-refractivity contribution in [2.75, 3.05) is 6.54 Å². The van der Waals surface area contributed by atoms with E-state index in [0.29, 0.717) is 6.42 Å². The number of hydrogen-bond donors (Lipinski definition) is 1. The quantitative estimate of drug-likeness (QED) is 0.680. The first-order valence-electron chi connectivity index (χ1n) is 4.33. The number of nitrogens with zero attached hydrogens (tertiary/aromatic N) is 1. The van der Waals surface area contributed by atoms with Crippen molar-refractivity contribution in [2.45, 2.75) is 31.3 Å². The minimum Gasteiger partial charge on any atom is -0.481 e. The van der Waals surface area contributed by atoms with Gasteiger partial charge in [-0.25, -0.2) is 5.06 Å². The van der Waals surface area contributed by atoms with Crippen molar-refractivity contribution in [2.24, 2.45) is 0 Å². The second-order valence-electron chi connectivity index (χ2n) is 3.59. The highest BCUT2D eigenvalue weighted by molar-refractivity contribution is 5.79. The Morgan fingerprint density at radius 2 is 2.31 bits per heavy atom. The number of carbonyl (C=O) groups is 2. The summed E-state index contributed by atoms with van der Waals surface area (Å²) in [4.78, 5) is 26.8. The Labute approximate surface area is 75.2 Å². The summed E-state index contributed by atoms with van der Waals surface area (Å²) in [5.41, 5.74) is -0.240. The lowest BCUT2D eigenvalue weighted by Gasteiger charge is -2.14. The van der Waals surface area contributed by atoms with Crippen molar-refractivity contribution in [1.82, 2.24) is 5.06 Å². The highest BCUT2D eigenvalue weighted by Gasteiger charge is 2.54. The molecule has 0 aromatic rings. The van der Waals surface area contributed by atoms with Crippen LogP contribution < -0.4 is 0 Å². The van der Waals surface area contributed by atoms with Gasteiger partial charge in [-0.15, -0.1) is 0 Å². The molecule has 0 aromatic heterocycles. The molecule has 1 heterocycles. The lowest BCUT2D eigenvalue weighted by atomic mass is 10.2. The molecule has 5 nitrogen and oxygen atoms in total. The Morgan fingerprint density at radius 1 is 1.62 bits per heavy atom. The van der Waals surface area contributed by atoms with Crippen LogP contribution >= 0.6 is 0 Å². The summed E-state index contributed by atoms with van der Waals surface area (Å²) in [6.07, 6.45) is 2.21. The van der Waals surface area contributed by atoms with Crippen LogP contribution in [0, 0.1) is 0 Å². The predicted molar refractivity (Wildman–Crippen MR) is 41.6 cm³/mol. The topological polar surface area (TPSA) is 66.8 Å². The Kier molecular flexibility index (Phi) is 1.76. The molecule has 1 aliphatic carbocycles. The summed E-state index contributed by atoms with van der Waals surface area (Å²) < 4.78 is 0. The normalized spacial score (nSPS) is 24.0. The molecule has 5 heteroatoms. The number of hydroxylamine groups is 2. The molecule has 0 unspecified atom stereocenters. The lowest BCUT2D eigenvalue weighted by Crippen LogP contribution is -2.26. The molecule has 0 radical (unpaired) electrons. The highest BCUT2D eigenvalue weighted by Crippen LogP contribution is 2.47. The van der Waals surface area contributed by atoms with Crippen LogP contribution in [0.4, 0.5) is 0 Å². The summed E-state index contributed by atoms with van der Waals surface area (Å²) in [6.45, 7) is 0.163. The molecule has 2 fully saturated rings. The molecular formula is C8H11NO4. The molecule has 2 rings (SSSR count). The van der Waals surface area contributed by atoms with Gasteiger partial charge in [0.2, 0.25) is 5.91 Å². The maximum atomic E-state index is 11.3. The Bertz CT molecular complexity index is 259. The zero-order valence-electron chi connectivity index (χ0n) is 7.15. The lowest BCUT2D eigenvalue weighted by molar-refractivity contribution is -0.179. The molecule has 1 N–H and O–H groups in total. The second-order valence-corrected chi connectivity index (χ2v) is 3.59. The smallest absolute Gasteiger partial charge is 0.305 e. The molecular weight excluding hydrogens is 174 g/mol. The maximum Gasteiger partial charge on any atom is 0.305 e. The summed E-state index contributed by atoms with van der Waals surface area (Å²) in [7, 11) is 0. The average molecular weight is 185 g/mol. The fourth-order valence-electron chi connectivity index (χ4n) is 1.46. The molecule has 0 aromatic carbocycles. The van der Waals surface area contributed by atoms with Gasteiger partial charge in [0.25, 0.3) is 0 Å². The van der Waals surface area contributed by atoms with E-state index >= 15 is 0 Å². The number of carbonyl (C=O) groups excluding carboxylic acids is 1. The Hall–Kier alpha value is -1.10. The average Bonchev–Trinajstić information content (AvgIpc) is 2.69. The number of carboxylic acids is 1. The van der Waals surface area contributed by atoms with Gasteiger partial charge in [-0.3, -0.25) is 14.4 Å². The highest BCUT2D eigenvalue weighted by atomic mass is 16.7. The van der Waals surface area contributed by atoms with Crippen molar-refractivity contribution in [1.29, 1.82) is 0 Å². The number of aliphatic carboxylic acids is 1. The van der Waals surface area contributed by atoms with Gasteiger partial charge in [-0.05, 0) is 12.8 Å². The number of amides is 1. The van der Waals surface area contributed by atoms with Gasteiger partial charge in [0.05, 0.1) is 19.4 Å². The molecule has 1 saturated heterocycles. The van der Waals surface area contributed by atoms with Crippen LogP contribution in [0.15, 0.2) is 0 Å². The third-order valence-electron chi connectivity index (χ3n) is 2.39. The van der Waals surface area contributed by atoms with Gasteiger partial charge in [-0.2, -0.15) is 0 Å². The second kappa shape index (κ2) is 2.70. The van der Waals surface area contributed by atoms with Crippen molar-refractivity contribution in [3.63, 3.8) is 0 Å². The predicted octanol–water partition coefficient (Wildman–Crippen LogP) is 0.158. The summed E-state index contributed by atoms with van der Waals surface area (Å²) in [6, 6.07) is 0. The van der Waals surface area contributed by atoms with Crippen LogP contribution in [0.2, 0.25) is 0 Å². The van der Waals surface area contributed by atoms with E-state index in [1.165, 1.54) is 5.06 Å². The first-order valence-corrected chi connectivity index (χ1v) is 4.33. The standard InChI is InChI=1S/C8H11NO4/c10-6-5-8(2-3-8)13-9(6)4-1-7(11)12/h1-5H2,(H,11,12). The van der Waals surface area contributed by atoms with E-state index in [1.807, 2.05) is 0 Å². The number of carboxylic acid groups (broad SMARTS) is 1. The first-order chi connectivity index (χ1) is 6.11. The Balaban J connectivity index is 1.86. The fourth-order valence-corrected chi connectivity index (χ4v) is 1.46. The first kappa shape index (κ1) is 8.50. The van der Waals surface area contributed by atoms with Crippen molar-refractivity contribution in [3.8, 4) is 0 Å². The summed E-state index contributed by atoms with van der Waals surface area (Å²) in [5.74, 6) is -0.994. The summed E-state index contributed by atoms with van der Waals surface area (Å²) in [5, 5.41) is 9.61. The van der Waals surface area contributed by atoms with E-state index < -0.39 is 5.97 Å². The van der Waals surface area contributed by atoms with Crippen LogP contribution in [0.3, 0.4) is 0 Å². The SMILES string of the molecule is O=C(O)CCN1OC2(CC2)CC1=O. The van der Waals surface area contributed by atoms with Crippen LogP contribution in [-0.4, -0.2) is 34.2 Å². The van der Waals surface area contributed by atoms with Crippen LogP contribution in [0.5, 0.6) is 0 Å². The van der Waals surface area contributed by atoms with Gasteiger partial charge in [0, 0.05) is 0 Å².